The van der Waals surface area contributed by atoms with Crippen LogP contribution in [0.15, 0.2) is 117 Å². The molecule has 0 aliphatic heterocycles. The maximum Gasteiger partial charge on any atom is 0.323 e. The third-order valence-corrected chi connectivity index (χ3v) is 22.4. The summed E-state index contributed by atoms with van der Waals surface area (Å²) in [6.45, 7) is 7.52. The molecule has 4 aromatic carbocycles. The number of sulfonamides is 2. The lowest BCUT2D eigenvalue weighted by Gasteiger charge is -2.21. The van der Waals surface area contributed by atoms with Gasteiger partial charge in [0.15, 0.2) is 11.9 Å². The number of hydrogen-bond acceptors (Lipinski definition) is 23. The fraction of sp³-hybridized carbons (Fsp3) is 0.362. The number of carboxylic acid groups (broad SMARTS) is 2. The zero-order valence-corrected chi connectivity index (χ0v) is 64.4. The number of benzene rings is 4. The summed E-state index contributed by atoms with van der Waals surface area (Å²) >= 11 is 0. The van der Waals surface area contributed by atoms with Crippen LogP contribution in [0.2, 0.25) is 0 Å². The van der Waals surface area contributed by atoms with Crippen LogP contribution >= 0.6 is 0 Å². The van der Waals surface area contributed by atoms with Gasteiger partial charge in [0.1, 0.15) is 46.8 Å². The predicted octanol–water partition coefficient (Wildman–Crippen LogP) is -0.274. The summed E-state index contributed by atoms with van der Waals surface area (Å²) < 4.78 is 130. The van der Waals surface area contributed by atoms with Gasteiger partial charge in [-0.05, 0) is 118 Å². The summed E-state index contributed by atoms with van der Waals surface area (Å²) in [5.74, 6) is -12.1. The molecule has 18 N–H and O–H groups in total. The van der Waals surface area contributed by atoms with Crippen molar-refractivity contribution in [1.29, 1.82) is 0 Å². The van der Waals surface area contributed by atoms with Crippen LogP contribution in [-0.4, -0.2) is 197 Å². The highest BCUT2D eigenvalue weighted by Gasteiger charge is 2.34. The van der Waals surface area contributed by atoms with Crippen LogP contribution in [0.4, 0.5) is 11.9 Å². The van der Waals surface area contributed by atoms with E-state index in [0.717, 1.165) is 23.5 Å². The number of rotatable bonds is 40. The molecule has 8 aromatic rings. The summed E-state index contributed by atoms with van der Waals surface area (Å²) in [5, 5.41) is 40.1. The summed E-state index contributed by atoms with van der Waals surface area (Å²) in [7, 11) is -19.0. The molecular weight excluding hydrogens is 1550 g/mol. The van der Waals surface area contributed by atoms with Gasteiger partial charge in [0.25, 0.3) is 32.1 Å². The Balaban J connectivity index is 0.889. The fourth-order valence-corrected chi connectivity index (χ4v) is 17.0. The predicted molar refractivity (Wildman–Crippen MR) is 407 cm³/mol. The highest BCUT2D eigenvalue weighted by atomic mass is 32.2. The quantitative estimate of drug-likeness (QED) is 0.0174. The minimum Gasteiger partial charge on any atom is -0.480 e. The first kappa shape index (κ1) is 86.3. The standard InChI is InChI=1S/C69H85N17O22S4/c1-37-23-39(3)59(40(4)24-37)111(105,106)83-50(66(95)96)31-77-61(90)47-33-85(54-27-43(9-11-45(54)57(47)88)29-79-68-73-17-18-74-68)21-7-15-71-64(93)52(35-109(99,100)101)81-56(87)14-13-49(70)63(92)82-53(36-110(102,103)104)65(94)72-16-8-22-86-34-48(58(89)46-12-10-44(28-55(46)86)30-80-69-75-19-20-76-69)62(91)78-32-51(67(97)98)84-112(107,108)60-41(5)25-38(2)26-42(60)6/h9-12,17-20,23-28,33-34,49-53,83-84H,7-8,13-16,21-22,29-32,35-36,70H2,1-6H3,(H,71,93)(H,72,94)(H,77,90)(H,78,91)(H,81,87)(H,82,92)(H,95,96)(H,97,98)(H2,73,74,79)(H2,75,76,80)(H,99,100,101)(H,102,103,104)/t49-,50?,51?,52-,53-/m0/s1. The number of nitrogens with two attached hydrogens (primary N) is 1. The Labute approximate surface area is 641 Å². The number of pyridine rings is 2. The van der Waals surface area contributed by atoms with Crippen molar-refractivity contribution in [2.24, 2.45) is 5.73 Å². The van der Waals surface area contributed by atoms with Gasteiger partial charge in [-0.25, -0.2) is 26.8 Å². The van der Waals surface area contributed by atoms with Gasteiger partial charge in [-0.3, -0.25) is 57.1 Å². The van der Waals surface area contributed by atoms with Gasteiger partial charge in [0, 0.05) is 107 Å². The van der Waals surface area contributed by atoms with E-state index in [1.54, 1.807) is 74.8 Å². The molecule has 0 spiro atoms. The highest BCUT2D eigenvalue weighted by molar-refractivity contribution is 7.90. The Morgan fingerprint density at radius 2 is 0.902 bits per heavy atom. The van der Waals surface area contributed by atoms with Crippen LogP contribution in [0.3, 0.4) is 0 Å². The van der Waals surface area contributed by atoms with Crippen molar-refractivity contribution in [3.05, 3.63) is 174 Å². The first-order valence-electron chi connectivity index (χ1n) is 34.4. The lowest BCUT2D eigenvalue weighted by Crippen LogP contribution is -2.54. The molecule has 4 heterocycles. The maximum atomic E-state index is 14.1. The normalized spacial score (nSPS) is 13.3. The number of nitrogens with one attached hydrogen (secondary N) is 12. The number of nitrogens with zero attached hydrogens (tertiary/aromatic N) is 4. The van der Waals surface area contributed by atoms with E-state index in [1.165, 1.54) is 61.4 Å². The Kier molecular flexibility index (Phi) is 28.6. The Hall–Kier alpha value is -11.3. The molecule has 5 atom stereocenters. The molecule has 0 aliphatic carbocycles. The van der Waals surface area contributed by atoms with E-state index in [2.05, 4.69) is 71.9 Å². The first-order chi connectivity index (χ1) is 52.6. The largest absolute Gasteiger partial charge is 0.480 e. The molecule has 0 saturated carbocycles. The summed E-state index contributed by atoms with van der Waals surface area (Å²) in [6.07, 6.45) is 7.03. The van der Waals surface area contributed by atoms with E-state index in [-0.39, 0.29) is 83.7 Å². The second-order valence-corrected chi connectivity index (χ2v) is 32.7. The van der Waals surface area contributed by atoms with E-state index in [0.29, 0.717) is 45.3 Å². The lowest BCUT2D eigenvalue weighted by molar-refractivity contribution is -0.139. The third kappa shape index (κ3) is 23.6. The van der Waals surface area contributed by atoms with Gasteiger partial charge in [-0.2, -0.15) is 26.3 Å². The molecule has 0 radical (unpaired) electrons. The Morgan fingerprint density at radius 3 is 1.26 bits per heavy atom. The molecule has 0 saturated heterocycles. The number of carbonyl (C=O) groups excluding carboxylic acids is 6. The van der Waals surface area contributed by atoms with Gasteiger partial charge < -0.3 is 77.6 Å². The zero-order chi connectivity index (χ0) is 82.3. The van der Waals surface area contributed by atoms with Gasteiger partial charge >= 0.3 is 11.9 Å². The Morgan fingerprint density at radius 1 is 0.518 bits per heavy atom. The maximum absolute atomic E-state index is 14.1. The van der Waals surface area contributed by atoms with Crippen molar-refractivity contribution >= 4 is 121 Å². The van der Waals surface area contributed by atoms with Crippen molar-refractivity contribution in [3.63, 3.8) is 0 Å². The smallest absolute Gasteiger partial charge is 0.323 e. The number of imidazole rings is 2. The van der Waals surface area contributed by atoms with Crippen LogP contribution in [0.1, 0.15) is 90.9 Å². The van der Waals surface area contributed by atoms with Gasteiger partial charge in [-0.1, -0.05) is 47.5 Å². The third-order valence-electron chi connectivity index (χ3n) is 17.4. The van der Waals surface area contributed by atoms with Crippen LogP contribution in [0.25, 0.3) is 21.8 Å². The van der Waals surface area contributed by atoms with Crippen LogP contribution in [-0.2, 0) is 95.2 Å². The number of aryl methyl sites for hydroxylation is 8. The number of aliphatic carboxylic acids is 2. The topological polar surface area (TPSA) is 602 Å². The van der Waals surface area contributed by atoms with Crippen molar-refractivity contribution in [1.82, 2.24) is 70.4 Å². The van der Waals surface area contributed by atoms with Crippen molar-refractivity contribution < 1.29 is 91.3 Å². The molecule has 8 rings (SSSR count). The molecule has 112 heavy (non-hydrogen) atoms. The second kappa shape index (κ2) is 37.1. The van der Waals surface area contributed by atoms with E-state index in [4.69, 9.17) is 5.73 Å². The molecule has 0 fully saturated rings. The number of aromatic nitrogens is 6. The molecule has 2 unspecified atom stereocenters. The fourth-order valence-electron chi connectivity index (χ4n) is 12.4. The van der Waals surface area contributed by atoms with E-state index < -0.39 is 177 Å². The number of carbonyl (C=O) groups is 8. The van der Waals surface area contributed by atoms with Crippen molar-refractivity contribution in [2.75, 3.05) is 48.3 Å². The first-order valence-corrected chi connectivity index (χ1v) is 40.6. The van der Waals surface area contributed by atoms with Crippen molar-refractivity contribution in [2.45, 2.75) is 133 Å². The highest BCUT2D eigenvalue weighted by Crippen LogP contribution is 2.25. The van der Waals surface area contributed by atoms with Gasteiger partial charge in [-0.15, -0.1) is 0 Å². The molecule has 39 nitrogen and oxygen atoms in total. The summed E-state index contributed by atoms with van der Waals surface area (Å²) in [4.78, 5) is 149. The molecule has 6 amide bonds. The number of H-pyrrole nitrogens is 2. The number of amides is 6. The number of hydrogen-bond donors (Lipinski definition) is 17. The molecular formula is C69H85N17O22S4. The van der Waals surface area contributed by atoms with E-state index in [1.807, 2.05) is 0 Å². The number of aromatic amines is 2. The SMILES string of the molecule is Cc1cc(C)c(S(=O)(=O)NC(CNC(=O)c2cn(CCCNC(=O)[C@H](CS(=O)(=O)O)NC(=O)CC[C@H](N)C(=O)N[C@@H](CS(=O)(=O)O)C(=O)NCCCn3cc(C(=O)NCC(NS(=O)(=O)c4c(C)cc(C)cc4C)C(=O)O)c(=O)c4ccc(CNc5ncc[nH]5)cc43)c3cc(CNc4ncc[nH]4)ccc3c2=O)C(=O)O)c(C)c1. The second-order valence-electron chi connectivity index (χ2n) is 26.4. The minimum atomic E-state index is -5.05. The van der Waals surface area contributed by atoms with E-state index in [9.17, 15) is 101 Å². The number of carboxylic acids is 2. The van der Waals surface area contributed by atoms with E-state index >= 15 is 0 Å². The number of anilines is 2. The van der Waals surface area contributed by atoms with Crippen LogP contribution in [0, 0.1) is 41.5 Å². The average Bonchev–Trinajstić information content (AvgIpc) is 0.989. The van der Waals surface area contributed by atoms with Crippen molar-refractivity contribution in [3.8, 4) is 0 Å². The molecule has 0 bridgehead atoms. The van der Waals surface area contributed by atoms with Crippen LogP contribution in [0.5, 0.6) is 0 Å². The van der Waals surface area contributed by atoms with Gasteiger partial charge in [0.05, 0.1) is 26.9 Å². The summed E-state index contributed by atoms with van der Waals surface area (Å²) in [6, 6.07) is 6.07. The number of fused-ring (bicyclic) bond motifs is 2. The molecule has 0 aliphatic rings. The average molecular weight is 1630 g/mol. The molecule has 43 heteroatoms. The minimum absolute atomic E-state index is 0.00143. The lowest BCUT2D eigenvalue weighted by atomic mass is 10.1. The summed E-state index contributed by atoms with van der Waals surface area (Å²) in [5.41, 5.74) is 8.07. The molecule has 602 valence electrons. The molecule has 4 aromatic heterocycles. The van der Waals surface area contributed by atoms with Gasteiger partial charge in [0.2, 0.25) is 54.5 Å². The zero-order valence-electron chi connectivity index (χ0n) is 61.2. The monoisotopic (exact) mass is 1630 g/mol. The van der Waals surface area contributed by atoms with Crippen LogP contribution < -0.4 is 68.6 Å². The Bertz CT molecular complexity index is 5480.